The molecule has 4 nitrogen and oxygen atoms in total. The van der Waals surface area contributed by atoms with E-state index in [0.717, 1.165) is 18.7 Å². The van der Waals surface area contributed by atoms with Crippen molar-refractivity contribution >= 4 is 11.6 Å². The van der Waals surface area contributed by atoms with Gasteiger partial charge in [0.2, 0.25) is 0 Å². The average molecular weight is 356 g/mol. The van der Waals surface area contributed by atoms with Crippen molar-refractivity contribution in [1.82, 2.24) is 5.32 Å². The van der Waals surface area contributed by atoms with Crippen LogP contribution in [0.2, 0.25) is 0 Å². The van der Waals surface area contributed by atoms with Crippen molar-refractivity contribution in [3.8, 4) is 5.75 Å². The highest BCUT2D eigenvalue weighted by molar-refractivity contribution is 5.78. The molecule has 1 amide bonds. The summed E-state index contributed by atoms with van der Waals surface area (Å²) in [6.07, 6.45) is 3.80. The smallest absolute Gasteiger partial charge is 0.258 e. The lowest BCUT2D eigenvalue weighted by atomic mass is 10.1. The summed E-state index contributed by atoms with van der Waals surface area (Å²) in [5.41, 5.74) is 2.26. The Kier molecular flexibility index (Phi) is 6.10. The highest BCUT2D eigenvalue weighted by atomic mass is 19.1. The lowest BCUT2D eigenvalue weighted by Crippen LogP contribution is -2.31. The van der Waals surface area contributed by atoms with Crippen LogP contribution in [0.4, 0.5) is 10.1 Å². The molecule has 1 aliphatic rings. The second-order valence-electron chi connectivity index (χ2n) is 6.65. The van der Waals surface area contributed by atoms with Gasteiger partial charge in [-0.1, -0.05) is 24.3 Å². The van der Waals surface area contributed by atoms with Gasteiger partial charge >= 0.3 is 0 Å². The fourth-order valence-corrected chi connectivity index (χ4v) is 3.20. The fraction of sp³-hybridized carbons (Fsp3) is 0.381. The van der Waals surface area contributed by atoms with Crippen LogP contribution in [0, 0.1) is 5.82 Å². The molecule has 2 aromatic carbocycles. The van der Waals surface area contributed by atoms with Crippen molar-refractivity contribution in [2.75, 3.05) is 24.6 Å². The first-order valence-electron chi connectivity index (χ1n) is 9.15. The number of para-hydroxylation sites is 1. The van der Waals surface area contributed by atoms with Gasteiger partial charge < -0.3 is 15.0 Å². The Hall–Kier alpha value is -2.56. The average Bonchev–Trinajstić information content (AvgIpc) is 2.68. The van der Waals surface area contributed by atoms with Crippen molar-refractivity contribution in [2.45, 2.75) is 32.2 Å². The van der Waals surface area contributed by atoms with E-state index in [9.17, 15) is 9.18 Å². The van der Waals surface area contributed by atoms with E-state index in [2.05, 4.69) is 22.3 Å². The molecule has 2 aromatic rings. The molecule has 0 radical (unpaired) electrons. The van der Waals surface area contributed by atoms with Crippen LogP contribution in [-0.2, 0) is 4.79 Å². The molecule has 138 valence electrons. The van der Waals surface area contributed by atoms with Gasteiger partial charge in [0.25, 0.3) is 5.91 Å². The second-order valence-corrected chi connectivity index (χ2v) is 6.65. The predicted molar refractivity (Wildman–Crippen MR) is 101 cm³/mol. The Bertz CT molecular complexity index is 727. The second kappa shape index (κ2) is 8.70. The molecule has 1 heterocycles. The van der Waals surface area contributed by atoms with Crippen LogP contribution in [0.3, 0.4) is 0 Å². The zero-order valence-corrected chi connectivity index (χ0v) is 15.1. The minimum absolute atomic E-state index is 0.0844. The molecule has 1 fully saturated rings. The third-order valence-electron chi connectivity index (χ3n) is 4.69. The summed E-state index contributed by atoms with van der Waals surface area (Å²) in [6.45, 7) is 3.94. The molecule has 26 heavy (non-hydrogen) atoms. The number of rotatable bonds is 6. The molecule has 0 saturated carbocycles. The topological polar surface area (TPSA) is 41.6 Å². The summed E-state index contributed by atoms with van der Waals surface area (Å²) in [6, 6.07) is 14.2. The number of amides is 1. The van der Waals surface area contributed by atoms with E-state index in [1.165, 1.54) is 37.1 Å². The minimum atomic E-state index is -0.471. The summed E-state index contributed by atoms with van der Waals surface area (Å²) in [5.74, 6) is -0.663. The molecular formula is C21H25FN2O2. The standard InChI is InChI=1S/C21H25FN2O2/c1-16(23-21(25)15-26-20-8-4-3-7-19(20)22)17-9-11-18(12-10-17)24-13-5-2-6-14-24/h3-4,7-12,16H,2,5-6,13-15H2,1H3,(H,23,25)/t16-/m0/s1. The number of hydrogen-bond donors (Lipinski definition) is 1. The fourth-order valence-electron chi connectivity index (χ4n) is 3.20. The highest BCUT2D eigenvalue weighted by Gasteiger charge is 2.14. The quantitative estimate of drug-likeness (QED) is 0.848. The molecular weight excluding hydrogens is 331 g/mol. The predicted octanol–water partition coefficient (Wildman–Crippen LogP) is 4.07. The van der Waals surface area contributed by atoms with Crippen LogP contribution >= 0.6 is 0 Å². The third-order valence-corrected chi connectivity index (χ3v) is 4.69. The molecule has 0 aliphatic carbocycles. The number of nitrogens with zero attached hydrogens (tertiary/aromatic N) is 1. The van der Waals surface area contributed by atoms with Gasteiger partial charge in [0.1, 0.15) is 0 Å². The summed E-state index contributed by atoms with van der Waals surface area (Å²) in [7, 11) is 0. The molecule has 0 bridgehead atoms. The molecule has 1 aliphatic heterocycles. The summed E-state index contributed by atoms with van der Waals surface area (Å²) >= 11 is 0. The Labute approximate surface area is 154 Å². The van der Waals surface area contributed by atoms with Gasteiger partial charge in [0, 0.05) is 18.8 Å². The highest BCUT2D eigenvalue weighted by Crippen LogP contribution is 2.22. The van der Waals surface area contributed by atoms with Crippen LogP contribution in [0.5, 0.6) is 5.75 Å². The van der Waals surface area contributed by atoms with Gasteiger partial charge in [-0.3, -0.25) is 4.79 Å². The maximum absolute atomic E-state index is 13.5. The lowest BCUT2D eigenvalue weighted by molar-refractivity contribution is -0.123. The van der Waals surface area contributed by atoms with Crippen molar-refractivity contribution in [3.05, 3.63) is 59.9 Å². The summed E-state index contributed by atoms with van der Waals surface area (Å²) in [5, 5.41) is 2.88. The molecule has 1 N–H and O–H groups in total. The largest absolute Gasteiger partial charge is 0.481 e. The summed E-state index contributed by atoms with van der Waals surface area (Å²) in [4.78, 5) is 14.5. The Morgan fingerprint density at radius 1 is 1.12 bits per heavy atom. The Balaban J connectivity index is 1.51. The first-order chi connectivity index (χ1) is 12.6. The van der Waals surface area contributed by atoms with Crippen LogP contribution in [0.25, 0.3) is 0 Å². The molecule has 1 atom stereocenters. The van der Waals surface area contributed by atoms with Crippen LogP contribution in [0.15, 0.2) is 48.5 Å². The number of halogens is 1. The zero-order valence-electron chi connectivity index (χ0n) is 15.1. The van der Waals surface area contributed by atoms with E-state index >= 15 is 0 Å². The van der Waals surface area contributed by atoms with Gasteiger partial charge in [-0.05, 0) is 56.0 Å². The minimum Gasteiger partial charge on any atom is -0.481 e. The lowest BCUT2D eigenvalue weighted by Gasteiger charge is -2.29. The summed E-state index contributed by atoms with van der Waals surface area (Å²) < 4.78 is 18.7. The van der Waals surface area contributed by atoms with E-state index in [0.29, 0.717) is 0 Å². The normalized spacial score (nSPS) is 15.4. The number of nitrogens with one attached hydrogen (secondary N) is 1. The van der Waals surface area contributed by atoms with Crippen molar-refractivity contribution in [2.24, 2.45) is 0 Å². The number of piperidine rings is 1. The maximum atomic E-state index is 13.5. The van der Waals surface area contributed by atoms with Crippen molar-refractivity contribution in [1.29, 1.82) is 0 Å². The van der Waals surface area contributed by atoms with E-state index < -0.39 is 5.82 Å². The molecule has 0 unspecified atom stereocenters. The number of hydrogen-bond acceptors (Lipinski definition) is 3. The van der Waals surface area contributed by atoms with Gasteiger partial charge in [-0.25, -0.2) is 4.39 Å². The van der Waals surface area contributed by atoms with Gasteiger partial charge in [0.15, 0.2) is 18.2 Å². The number of carbonyl (C=O) groups excluding carboxylic acids is 1. The molecule has 5 heteroatoms. The van der Waals surface area contributed by atoms with Gasteiger partial charge in [-0.15, -0.1) is 0 Å². The van der Waals surface area contributed by atoms with Crippen LogP contribution in [-0.4, -0.2) is 25.6 Å². The van der Waals surface area contributed by atoms with Crippen molar-refractivity contribution < 1.29 is 13.9 Å². The SMILES string of the molecule is C[C@H](NC(=O)COc1ccccc1F)c1ccc(N2CCCCC2)cc1. The number of benzene rings is 2. The van der Waals surface area contributed by atoms with Gasteiger partial charge in [-0.2, -0.15) is 0 Å². The first kappa shape index (κ1) is 18.2. The zero-order chi connectivity index (χ0) is 18.4. The van der Waals surface area contributed by atoms with E-state index in [4.69, 9.17) is 4.74 Å². The molecule has 0 spiro atoms. The molecule has 0 aromatic heterocycles. The first-order valence-corrected chi connectivity index (χ1v) is 9.15. The van der Waals surface area contributed by atoms with Crippen LogP contribution < -0.4 is 15.0 Å². The monoisotopic (exact) mass is 356 g/mol. The number of anilines is 1. The van der Waals surface area contributed by atoms with Gasteiger partial charge in [0.05, 0.1) is 6.04 Å². The number of carbonyl (C=O) groups is 1. The van der Waals surface area contributed by atoms with E-state index in [1.807, 2.05) is 19.1 Å². The van der Waals surface area contributed by atoms with Crippen molar-refractivity contribution in [3.63, 3.8) is 0 Å². The molecule has 1 saturated heterocycles. The maximum Gasteiger partial charge on any atom is 0.258 e. The number of ether oxygens (including phenoxy) is 1. The van der Waals surface area contributed by atoms with E-state index in [1.54, 1.807) is 12.1 Å². The van der Waals surface area contributed by atoms with E-state index in [-0.39, 0.29) is 24.3 Å². The Morgan fingerprint density at radius 2 is 1.81 bits per heavy atom. The Morgan fingerprint density at radius 3 is 2.50 bits per heavy atom. The third kappa shape index (κ3) is 4.75. The van der Waals surface area contributed by atoms with Crippen LogP contribution in [0.1, 0.15) is 37.8 Å². The molecule has 3 rings (SSSR count).